The van der Waals surface area contributed by atoms with Gasteiger partial charge in [-0.15, -0.1) is 0 Å². The van der Waals surface area contributed by atoms with Crippen molar-refractivity contribution in [1.82, 2.24) is 4.98 Å². The summed E-state index contributed by atoms with van der Waals surface area (Å²) in [7, 11) is 0. The highest BCUT2D eigenvalue weighted by molar-refractivity contribution is 7.99. The first-order valence-electron chi connectivity index (χ1n) is 6.94. The van der Waals surface area contributed by atoms with Crippen LogP contribution in [0.4, 0.5) is 0 Å². The van der Waals surface area contributed by atoms with Gasteiger partial charge in [0.2, 0.25) is 0 Å². The van der Waals surface area contributed by atoms with Gasteiger partial charge in [0.15, 0.2) is 6.29 Å². The van der Waals surface area contributed by atoms with Crippen molar-refractivity contribution in [3.63, 3.8) is 0 Å². The van der Waals surface area contributed by atoms with Gasteiger partial charge in [-0.25, -0.2) is 4.98 Å². The molecule has 1 aliphatic rings. The minimum atomic E-state index is -0.408. The van der Waals surface area contributed by atoms with Crippen LogP contribution in [0.2, 0.25) is 5.02 Å². The van der Waals surface area contributed by atoms with Crippen molar-refractivity contribution in [3.8, 4) is 0 Å². The second-order valence-electron chi connectivity index (χ2n) is 4.69. The first-order valence-corrected chi connectivity index (χ1v) is 8.13. The summed E-state index contributed by atoms with van der Waals surface area (Å²) in [6.07, 6.45) is 1.30. The van der Waals surface area contributed by atoms with E-state index in [1.165, 1.54) is 11.8 Å². The normalized spacial score (nSPS) is 14.7. The molecule has 1 saturated heterocycles. The molecule has 0 spiro atoms. The molecule has 0 unspecified atom stereocenters. The largest absolute Gasteiger partial charge is 0.346 e. The van der Waals surface area contributed by atoms with Gasteiger partial charge in [0, 0.05) is 21.6 Å². The van der Waals surface area contributed by atoms with Crippen LogP contribution in [0.1, 0.15) is 17.4 Å². The van der Waals surface area contributed by atoms with E-state index in [4.69, 9.17) is 26.6 Å². The maximum absolute atomic E-state index is 8.54. The van der Waals surface area contributed by atoms with Crippen molar-refractivity contribution in [2.45, 2.75) is 22.8 Å². The number of aromatic nitrogens is 1. The number of halogens is 1. The molecule has 2 aromatic rings. The highest BCUT2D eigenvalue weighted by Gasteiger charge is 2.23. The molecule has 0 saturated carbocycles. The van der Waals surface area contributed by atoms with Crippen molar-refractivity contribution < 1.29 is 9.47 Å². The number of nitrogens with zero attached hydrogens (tertiary/aromatic N) is 4. The van der Waals surface area contributed by atoms with Crippen LogP contribution in [0.15, 0.2) is 51.6 Å². The topological polar surface area (TPSA) is 80.1 Å². The SMILES string of the molecule is [N-]=[N+]=NCc1cccc(Cl)c1Sc1ncccc1C1OCCO1. The molecule has 0 bridgehead atoms. The molecule has 3 rings (SSSR count). The molecule has 6 nitrogen and oxygen atoms in total. The van der Waals surface area contributed by atoms with Crippen molar-refractivity contribution in [3.05, 3.63) is 63.1 Å². The Morgan fingerprint density at radius 2 is 2.13 bits per heavy atom. The molecule has 1 fully saturated rings. The second kappa shape index (κ2) is 7.68. The molecule has 8 heteroatoms. The third kappa shape index (κ3) is 3.77. The van der Waals surface area contributed by atoms with E-state index < -0.39 is 6.29 Å². The molecule has 0 amide bonds. The van der Waals surface area contributed by atoms with Crippen molar-refractivity contribution in [1.29, 1.82) is 0 Å². The second-order valence-corrected chi connectivity index (χ2v) is 6.10. The van der Waals surface area contributed by atoms with Gasteiger partial charge in [-0.2, -0.15) is 0 Å². The maximum atomic E-state index is 8.54. The van der Waals surface area contributed by atoms with Crippen molar-refractivity contribution >= 4 is 23.4 Å². The molecule has 0 aliphatic carbocycles. The van der Waals surface area contributed by atoms with Crippen LogP contribution in [-0.4, -0.2) is 18.2 Å². The molecule has 1 aromatic carbocycles. The number of benzene rings is 1. The fourth-order valence-electron chi connectivity index (χ4n) is 2.20. The first kappa shape index (κ1) is 16.1. The average molecular weight is 349 g/mol. The van der Waals surface area contributed by atoms with E-state index in [1.54, 1.807) is 12.3 Å². The maximum Gasteiger partial charge on any atom is 0.186 e. The van der Waals surface area contributed by atoms with Crippen LogP contribution in [0.5, 0.6) is 0 Å². The van der Waals surface area contributed by atoms with Crippen LogP contribution in [0.3, 0.4) is 0 Å². The Morgan fingerprint density at radius 3 is 2.91 bits per heavy atom. The quantitative estimate of drug-likeness (QED) is 0.444. The highest BCUT2D eigenvalue weighted by Crippen LogP contribution is 2.39. The number of hydrogen-bond acceptors (Lipinski definition) is 5. The van der Waals surface area contributed by atoms with Gasteiger partial charge in [-0.1, -0.05) is 40.6 Å². The van der Waals surface area contributed by atoms with Gasteiger partial charge in [0.1, 0.15) is 5.03 Å². The van der Waals surface area contributed by atoms with Gasteiger partial charge in [-0.05, 0) is 29.3 Å². The zero-order chi connectivity index (χ0) is 16.1. The molecule has 0 atom stereocenters. The van der Waals surface area contributed by atoms with Gasteiger partial charge < -0.3 is 9.47 Å². The Balaban J connectivity index is 1.95. The Bertz CT molecular complexity index is 746. The van der Waals surface area contributed by atoms with Gasteiger partial charge in [0.05, 0.1) is 24.8 Å². The summed E-state index contributed by atoms with van der Waals surface area (Å²) in [5.74, 6) is 0. The van der Waals surface area contributed by atoms with E-state index in [1.807, 2.05) is 24.3 Å². The van der Waals surface area contributed by atoms with Gasteiger partial charge in [0.25, 0.3) is 0 Å². The lowest BCUT2D eigenvalue weighted by molar-refractivity contribution is -0.0464. The fraction of sp³-hybridized carbons (Fsp3) is 0.267. The summed E-state index contributed by atoms with van der Waals surface area (Å²) in [6.45, 7) is 1.37. The summed E-state index contributed by atoms with van der Waals surface area (Å²) >= 11 is 7.74. The van der Waals surface area contributed by atoms with E-state index in [-0.39, 0.29) is 6.54 Å². The van der Waals surface area contributed by atoms with Crippen LogP contribution in [0, 0.1) is 0 Å². The smallest absolute Gasteiger partial charge is 0.186 e. The summed E-state index contributed by atoms with van der Waals surface area (Å²) in [5.41, 5.74) is 10.3. The lowest BCUT2D eigenvalue weighted by Crippen LogP contribution is -2.01. The van der Waals surface area contributed by atoms with Gasteiger partial charge in [-0.3, -0.25) is 0 Å². The summed E-state index contributed by atoms with van der Waals surface area (Å²) in [4.78, 5) is 8.05. The fourth-order valence-corrected chi connectivity index (χ4v) is 3.53. The third-order valence-electron chi connectivity index (χ3n) is 3.23. The van der Waals surface area contributed by atoms with E-state index in [2.05, 4.69) is 15.0 Å². The number of pyridine rings is 1. The van der Waals surface area contributed by atoms with Crippen LogP contribution < -0.4 is 0 Å². The minimum Gasteiger partial charge on any atom is -0.346 e. The molecular formula is C15H13ClN4O2S. The zero-order valence-corrected chi connectivity index (χ0v) is 13.6. The molecule has 1 aromatic heterocycles. The zero-order valence-electron chi connectivity index (χ0n) is 12.1. The Kier molecular flexibility index (Phi) is 5.38. The number of azide groups is 1. The summed E-state index contributed by atoms with van der Waals surface area (Å²) in [6, 6.07) is 9.28. The Morgan fingerprint density at radius 1 is 1.30 bits per heavy atom. The summed E-state index contributed by atoms with van der Waals surface area (Å²) in [5, 5.41) is 4.97. The Hall–Kier alpha value is -1.76. The Labute approximate surface area is 142 Å². The van der Waals surface area contributed by atoms with E-state index >= 15 is 0 Å². The molecule has 1 aliphatic heterocycles. The molecule has 0 radical (unpaired) electrons. The van der Waals surface area contributed by atoms with Crippen LogP contribution >= 0.6 is 23.4 Å². The monoisotopic (exact) mass is 348 g/mol. The predicted molar refractivity (Wildman–Crippen MR) is 87.3 cm³/mol. The van der Waals surface area contributed by atoms with E-state index in [0.717, 1.165) is 21.0 Å². The summed E-state index contributed by atoms with van der Waals surface area (Å²) < 4.78 is 11.1. The molecule has 2 heterocycles. The number of ether oxygens (including phenoxy) is 2. The average Bonchev–Trinajstić information content (AvgIpc) is 3.10. The van der Waals surface area contributed by atoms with E-state index in [9.17, 15) is 0 Å². The molecule has 0 N–H and O–H groups in total. The third-order valence-corrected chi connectivity index (χ3v) is 4.88. The number of hydrogen-bond donors (Lipinski definition) is 0. The number of rotatable bonds is 5. The lowest BCUT2D eigenvalue weighted by atomic mass is 10.2. The van der Waals surface area contributed by atoms with Crippen LogP contribution in [0.25, 0.3) is 10.4 Å². The highest BCUT2D eigenvalue weighted by atomic mass is 35.5. The molecule has 118 valence electrons. The minimum absolute atomic E-state index is 0.234. The van der Waals surface area contributed by atoms with Crippen molar-refractivity contribution in [2.75, 3.05) is 13.2 Å². The molecular weight excluding hydrogens is 336 g/mol. The first-order chi connectivity index (χ1) is 11.3. The van der Waals surface area contributed by atoms with Crippen LogP contribution in [-0.2, 0) is 16.0 Å². The van der Waals surface area contributed by atoms with Crippen molar-refractivity contribution in [2.24, 2.45) is 5.11 Å². The van der Waals surface area contributed by atoms with Gasteiger partial charge >= 0.3 is 0 Å². The predicted octanol–water partition coefficient (Wildman–Crippen LogP) is 4.74. The lowest BCUT2D eigenvalue weighted by Gasteiger charge is -2.15. The van der Waals surface area contributed by atoms with E-state index in [0.29, 0.717) is 18.2 Å². The molecule has 23 heavy (non-hydrogen) atoms. The standard InChI is InChI=1S/C15H13ClN4O2S/c16-12-5-1-3-10(9-19-20-17)13(12)23-14-11(4-2-6-18-14)15-21-7-8-22-15/h1-6,15H,7-9H2.